The van der Waals surface area contributed by atoms with E-state index in [0.29, 0.717) is 27.4 Å². The summed E-state index contributed by atoms with van der Waals surface area (Å²) in [6, 6.07) is 9.22. The van der Waals surface area contributed by atoms with E-state index in [2.05, 4.69) is 15.2 Å². The minimum Gasteiger partial charge on any atom is -0.376 e. The Labute approximate surface area is 163 Å². The summed E-state index contributed by atoms with van der Waals surface area (Å²) in [5, 5.41) is 4.98. The van der Waals surface area contributed by atoms with E-state index >= 15 is 0 Å². The van der Waals surface area contributed by atoms with Crippen molar-refractivity contribution in [3.63, 3.8) is 0 Å². The number of pyridine rings is 1. The van der Waals surface area contributed by atoms with E-state index in [9.17, 15) is 0 Å². The number of hydrogen-bond donors (Lipinski definition) is 1. The Bertz CT molecular complexity index is 724. The molecule has 0 bridgehead atoms. The summed E-state index contributed by atoms with van der Waals surface area (Å²) < 4.78 is 5.77. The van der Waals surface area contributed by atoms with Gasteiger partial charge >= 0.3 is 0 Å². The number of nitrogens with one attached hydrogen (secondary N) is 1. The van der Waals surface area contributed by atoms with Gasteiger partial charge in [0.2, 0.25) is 0 Å². The van der Waals surface area contributed by atoms with E-state index in [0.717, 1.165) is 31.6 Å². The zero-order chi connectivity index (χ0) is 17.6. The fourth-order valence-electron chi connectivity index (χ4n) is 2.75. The van der Waals surface area contributed by atoms with Gasteiger partial charge in [-0.1, -0.05) is 29.3 Å². The molecule has 1 N–H and O–H groups in total. The molecule has 1 aromatic carbocycles. The summed E-state index contributed by atoms with van der Waals surface area (Å²) in [6.45, 7) is 2.18. The molecule has 1 aliphatic heterocycles. The van der Waals surface area contributed by atoms with Gasteiger partial charge in [0.15, 0.2) is 5.11 Å². The summed E-state index contributed by atoms with van der Waals surface area (Å²) >= 11 is 17.9. The minimum absolute atomic E-state index is 0.186. The van der Waals surface area contributed by atoms with Crippen molar-refractivity contribution < 1.29 is 4.74 Å². The van der Waals surface area contributed by atoms with Crippen LogP contribution in [0.25, 0.3) is 0 Å². The molecule has 2 aromatic rings. The van der Waals surface area contributed by atoms with Crippen LogP contribution in [-0.2, 0) is 11.3 Å². The van der Waals surface area contributed by atoms with Gasteiger partial charge in [-0.25, -0.2) is 0 Å². The standard InChI is InChI=1S/C18H19Cl2N3OS/c19-14-5-6-16(20)17(9-14)22-18(25)23(12-15-4-2-8-24-15)11-13-3-1-7-21-10-13/h1,3,5-7,9-10,15H,2,4,8,11-12H2,(H,22,25)/t15-/m0/s1. The highest BCUT2D eigenvalue weighted by molar-refractivity contribution is 7.80. The fourth-order valence-corrected chi connectivity index (χ4v) is 3.34. The lowest BCUT2D eigenvalue weighted by Crippen LogP contribution is -2.39. The van der Waals surface area contributed by atoms with Gasteiger partial charge in [0.1, 0.15) is 0 Å². The Morgan fingerprint density at radius 3 is 2.96 bits per heavy atom. The molecular weight excluding hydrogens is 377 g/mol. The molecule has 0 radical (unpaired) electrons. The summed E-state index contributed by atoms with van der Waals surface area (Å²) in [7, 11) is 0. The number of nitrogens with zero attached hydrogens (tertiary/aromatic N) is 2. The molecule has 1 aliphatic rings. The summed E-state index contributed by atoms with van der Waals surface area (Å²) in [4.78, 5) is 6.26. The molecule has 25 heavy (non-hydrogen) atoms. The van der Waals surface area contributed by atoms with E-state index < -0.39 is 0 Å². The molecule has 0 spiro atoms. The Morgan fingerprint density at radius 2 is 2.24 bits per heavy atom. The van der Waals surface area contributed by atoms with Gasteiger partial charge in [-0.2, -0.15) is 0 Å². The second kappa shape index (κ2) is 8.81. The van der Waals surface area contributed by atoms with Gasteiger partial charge < -0.3 is 15.0 Å². The molecule has 4 nitrogen and oxygen atoms in total. The van der Waals surface area contributed by atoms with Crippen molar-refractivity contribution in [3.05, 3.63) is 58.3 Å². The maximum absolute atomic E-state index is 6.24. The van der Waals surface area contributed by atoms with E-state index in [4.69, 9.17) is 40.2 Å². The number of anilines is 1. The van der Waals surface area contributed by atoms with Crippen molar-refractivity contribution in [2.75, 3.05) is 18.5 Å². The van der Waals surface area contributed by atoms with Crippen LogP contribution in [0.2, 0.25) is 10.0 Å². The quantitative estimate of drug-likeness (QED) is 0.738. The molecule has 0 amide bonds. The summed E-state index contributed by atoms with van der Waals surface area (Å²) in [5.41, 5.74) is 1.78. The predicted molar refractivity (Wildman–Crippen MR) is 106 cm³/mol. The predicted octanol–water partition coefficient (Wildman–Crippen LogP) is 4.77. The van der Waals surface area contributed by atoms with Crippen molar-refractivity contribution in [2.24, 2.45) is 0 Å². The number of thiocarbonyl (C=S) groups is 1. The lowest BCUT2D eigenvalue weighted by molar-refractivity contribution is 0.0905. The molecule has 132 valence electrons. The molecule has 0 unspecified atom stereocenters. The second-order valence-electron chi connectivity index (χ2n) is 5.93. The lowest BCUT2D eigenvalue weighted by Gasteiger charge is -2.28. The molecule has 7 heteroatoms. The zero-order valence-corrected chi connectivity index (χ0v) is 15.9. The molecule has 0 aliphatic carbocycles. The highest BCUT2D eigenvalue weighted by Gasteiger charge is 2.21. The monoisotopic (exact) mass is 395 g/mol. The van der Waals surface area contributed by atoms with E-state index in [1.807, 2.05) is 18.3 Å². The highest BCUT2D eigenvalue weighted by atomic mass is 35.5. The van der Waals surface area contributed by atoms with E-state index in [1.165, 1.54) is 0 Å². The van der Waals surface area contributed by atoms with Crippen LogP contribution in [0.3, 0.4) is 0 Å². The van der Waals surface area contributed by atoms with Gasteiger partial charge in [0.05, 0.1) is 16.8 Å². The number of rotatable bonds is 5. The Hall–Kier alpha value is -1.40. The van der Waals surface area contributed by atoms with Crippen molar-refractivity contribution in [2.45, 2.75) is 25.5 Å². The second-order valence-corrected chi connectivity index (χ2v) is 7.16. The maximum atomic E-state index is 6.24. The van der Waals surface area contributed by atoms with E-state index in [-0.39, 0.29) is 6.10 Å². The molecule has 1 fully saturated rings. The number of aromatic nitrogens is 1. The summed E-state index contributed by atoms with van der Waals surface area (Å²) in [5.74, 6) is 0. The van der Waals surface area contributed by atoms with Crippen LogP contribution in [0.4, 0.5) is 5.69 Å². The first-order chi connectivity index (χ1) is 12.1. The smallest absolute Gasteiger partial charge is 0.173 e. The SMILES string of the molecule is S=C(Nc1cc(Cl)ccc1Cl)N(Cc1cccnc1)C[C@@H]1CCCO1. The topological polar surface area (TPSA) is 37.4 Å². The van der Waals surface area contributed by atoms with Crippen LogP contribution in [0.5, 0.6) is 0 Å². The fraction of sp³-hybridized carbons (Fsp3) is 0.333. The average molecular weight is 396 g/mol. The molecule has 3 rings (SSSR count). The molecule has 1 saturated heterocycles. The number of benzene rings is 1. The van der Waals surface area contributed by atoms with Crippen molar-refractivity contribution in [1.29, 1.82) is 0 Å². The lowest BCUT2D eigenvalue weighted by atomic mass is 10.2. The Kier molecular flexibility index (Phi) is 6.48. The largest absolute Gasteiger partial charge is 0.376 e. The van der Waals surface area contributed by atoms with Crippen LogP contribution in [0, 0.1) is 0 Å². The first-order valence-corrected chi connectivity index (χ1v) is 9.30. The maximum Gasteiger partial charge on any atom is 0.173 e. The molecule has 1 aromatic heterocycles. The molecule has 0 saturated carbocycles. The van der Waals surface area contributed by atoms with Gasteiger partial charge in [-0.05, 0) is 54.9 Å². The van der Waals surface area contributed by atoms with Crippen LogP contribution >= 0.6 is 35.4 Å². The van der Waals surface area contributed by atoms with E-state index in [1.54, 1.807) is 24.4 Å². The third-order valence-electron chi connectivity index (χ3n) is 4.00. The first kappa shape index (κ1) is 18.4. The third kappa shape index (κ3) is 5.28. The Balaban J connectivity index is 1.74. The summed E-state index contributed by atoms with van der Waals surface area (Å²) in [6.07, 6.45) is 5.93. The molecular formula is C18H19Cl2N3OS. The third-order valence-corrected chi connectivity index (χ3v) is 4.93. The zero-order valence-electron chi connectivity index (χ0n) is 13.6. The van der Waals surface area contributed by atoms with Gasteiger partial charge in [0, 0.05) is 37.1 Å². The van der Waals surface area contributed by atoms with Crippen LogP contribution in [0.15, 0.2) is 42.7 Å². The number of ether oxygens (including phenoxy) is 1. The average Bonchev–Trinajstić information content (AvgIpc) is 3.11. The van der Waals surface area contributed by atoms with Crippen molar-refractivity contribution in [1.82, 2.24) is 9.88 Å². The van der Waals surface area contributed by atoms with Crippen LogP contribution in [0.1, 0.15) is 18.4 Å². The van der Waals surface area contributed by atoms with Gasteiger partial charge in [-0.3, -0.25) is 4.98 Å². The molecule has 1 atom stereocenters. The molecule has 2 heterocycles. The van der Waals surface area contributed by atoms with Crippen LogP contribution in [-0.4, -0.2) is 34.3 Å². The normalized spacial score (nSPS) is 16.6. The Morgan fingerprint density at radius 1 is 1.36 bits per heavy atom. The first-order valence-electron chi connectivity index (χ1n) is 8.13. The van der Waals surface area contributed by atoms with Crippen molar-refractivity contribution >= 4 is 46.2 Å². The number of hydrogen-bond acceptors (Lipinski definition) is 3. The van der Waals surface area contributed by atoms with Gasteiger partial charge in [0.25, 0.3) is 0 Å². The number of halogens is 2. The minimum atomic E-state index is 0.186. The van der Waals surface area contributed by atoms with Crippen molar-refractivity contribution in [3.8, 4) is 0 Å². The highest BCUT2D eigenvalue weighted by Crippen LogP contribution is 2.26. The van der Waals surface area contributed by atoms with Gasteiger partial charge in [-0.15, -0.1) is 0 Å². The van der Waals surface area contributed by atoms with Crippen LogP contribution < -0.4 is 5.32 Å².